The zero-order valence-electron chi connectivity index (χ0n) is 15.4. The number of carbonyl (C=O) groups is 2. The molecule has 0 aliphatic rings. The molecule has 132 valence electrons. The average molecular weight is 338 g/mol. The summed E-state index contributed by atoms with van der Waals surface area (Å²) in [6.07, 6.45) is 0. The van der Waals surface area contributed by atoms with Crippen LogP contribution in [-0.4, -0.2) is 23.8 Å². The molecule has 0 aliphatic heterocycles. The van der Waals surface area contributed by atoms with Gasteiger partial charge in [-0.25, -0.2) is 0 Å². The number of nitrogens with one attached hydrogen (secondary N) is 1. The first-order chi connectivity index (χ1) is 11.8. The van der Waals surface area contributed by atoms with Crippen molar-refractivity contribution in [1.29, 1.82) is 0 Å². The van der Waals surface area contributed by atoms with Gasteiger partial charge in [0, 0.05) is 20.1 Å². The van der Waals surface area contributed by atoms with Gasteiger partial charge < -0.3 is 10.2 Å². The Hall–Kier alpha value is -2.62. The van der Waals surface area contributed by atoms with Gasteiger partial charge in [-0.2, -0.15) is 0 Å². The number of hydrogen-bond donors (Lipinski definition) is 1. The van der Waals surface area contributed by atoms with Crippen molar-refractivity contribution >= 4 is 11.8 Å². The number of carbonyl (C=O) groups excluding carboxylic acids is 2. The molecule has 4 nitrogen and oxygen atoms in total. The Morgan fingerprint density at radius 2 is 1.56 bits per heavy atom. The first-order valence-electron chi connectivity index (χ1n) is 8.44. The molecule has 2 amide bonds. The van der Waals surface area contributed by atoms with Gasteiger partial charge in [-0.15, -0.1) is 0 Å². The summed E-state index contributed by atoms with van der Waals surface area (Å²) in [7, 11) is 1.73. The van der Waals surface area contributed by atoms with E-state index in [4.69, 9.17) is 0 Å². The largest absolute Gasteiger partial charge is 0.351 e. The smallest absolute Gasteiger partial charge is 0.237 e. The van der Waals surface area contributed by atoms with Crippen molar-refractivity contribution in [2.75, 3.05) is 7.05 Å². The van der Waals surface area contributed by atoms with Crippen LogP contribution in [0.1, 0.15) is 30.5 Å². The molecule has 0 saturated heterocycles. The van der Waals surface area contributed by atoms with Crippen LogP contribution >= 0.6 is 0 Å². The minimum absolute atomic E-state index is 0.197. The molecule has 0 aliphatic carbocycles. The number of aryl methyl sites for hydroxylation is 1. The van der Waals surface area contributed by atoms with E-state index in [1.54, 1.807) is 25.8 Å². The maximum atomic E-state index is 12.7. The Labute approximate surface area is 149 Å². The Bertz CT molecular complexity index is 721. The van der Waals surface area contributed by atoms with E-state index < -0.39 is 5.41 Å². The van der Waals surface area contributed by atoms with Gasteiger partial charge in [0.2, 0.25) is 11.8 Å². The van der Waals surface area contributed by atoms with E-state index in [-0.39, 0.29) is 11.8 Å². The summed E-state index contributed by atoms with van der Waals surface area (Å²) in [5.41, 5.74) is 2.11. The van der Waals surface area contributed by atoms with Crippen LogP contribution in [0.15, 0.2) is 54.6 Å². The third kappa shape index (κ3) is 4.92. The van der Waals surface area contributed by atoms with Gasteiger partial charge in [0.05, 0.1) is 0 Å². The molecule has 1 N–H and O–H groups in total. The Morgan fingerprint density at radius 1 is 0.960 bits per heavy atom. The highest BCUT2D eigenvalue weighted by Gasteiger charge is 2.37. The molecule has 0 aromatic heterocycles. The van der Waals surface area contributed by atoms with Crippen LogP contribution < -0.4 is 5.32 Å². The van der Waals surface area contributed by atoms with Gasteiger partial charge in [-0.3, -0.25) is 9.59 Å². The van der Waals surface area contributed by atoms with E-state index in [2.05, 4.69) is 5.32 Å². The lowest BCUT2D eigenvalue weighted by Gasteiger charge is -2.28. The van der Waals surface area contributed by atoms with E-state index >= 15 is 0 Å². The molecule has 4 heteroatoms. The van der Waals surface area contributed by atoms with Gasteiger partial charge in [0.15, 0.2) is 0 Å². The van der Waals surface area contributed by atoms with Crippen LogP contribution in [0.25, 0.3) is 0 Å². The van der Waals surface area contributed by atoms with E-state index in [9.17, 15) is 9.59 Å². The lowest BCUT2D eigenvalue weighted by Crippen LogP contribution is -2.48. The maximum Gasteiger partial charge on any atom is 0.237 e. The zero-order valence-corrected chi connectivity index (χ0v) is 15.4. The topological polar surface area (TPSA) is 49.4 Å². The molecule has 0 fully saturated rings. The van der Waals surface area contributed by atoms with Crippen molar-refractivity contribution in [3.8, 4) is 0 Å². The Kier molecular flexibility index (Phi) is 5.97. The maximum absolute atomic E-state index is 12.7. The van der Waals surface area contributed by atoms with Crippen LogP contribution in [0.4, 0.5) is 0 Å². The van der Waals surface area contributed by atoms with Crippen LogP contribution in [0.5, 0.6) is 0 Å². The highest BCUT2D eigenvalue weighted by atomic mass is 16.2. The molecule has 0 heterocycles. The van der Waals surface area contributed by atoms with Crippen LogP contribution in [0, 0.1) is 12.3 Å². The Morgan fingerprint density at radius 3 is 2.16 bits per heavy atom. The standard InChI is InChI=1S/C21H26N2O2/c1-16-10-12-17(13-11-16)14-22-19(24)21(2,3)20(25)23(4)15-18-8-6-5-7-9-18/h5-13H,14-15H2,1-4H3,(H,22,24). The molecule has 0 atom stereocenters. The van der Waals surface area contributed by atoms with E-state index in [0.29, 0.717) is 13.1 Å². The summed E-state index contributed by atoms with van der Waals surface area (Å²) in [5, 5.41) is 2.87. The van der Waals surface area contributed by atoms with Crippen LogP contribution in [0.3, 0.4) is 0 Å². The molecule has 0 saturated carbocycles. The lowest BCUT2D eigenvalue weighted by molar-refractivity contribution is -0.148. The second-order valence-corrected chi connectivity index (χ2v) is 6.94. The molecule has 0 unspecified atom stereocenters. The van der Waals surface area contributed by atoms with Crippen molar-refractivity contribution in [1.82, 2.24) is 10.2 Å². The van der Waals surface area contributed by atoms with Crippen molar-refractivity contribution in [2.45, 2.75) is 33.9 Å². The van der Waals surface area contributed by atoms with Gasteiger partial charge >= 0.3 is 0 Å². The molecule has 2 aromatic rings. The fourth-order valence-corrected chi connectivity index (χ4v) is 2.61. The first kappa shape index (κ1) is 18.7. The van der Waals surface area contributed by atoms with E-state index in [1.807, 2.05) is 61.5 Å². The normalized spacial score (nSPS) is 11.0. The number of benzene rings is 2. The van der Waals surface area contributed by atoms with Crippen molar-refractivity contribution in [3.05, 3.63) is 71.3 Å². The summed E-state index contributed by atoms with van der Waals surface area (Å²) in [4.78, 5) is 26.9. The summed E-state index contributed by atoms with van der Waals surface area (Å²) >= 11 is 0. The first-order valence-corrected chi connectivity index (χ1v) is 8.44. The average Bonchev–Trinajstić information content (AvgIpc) is 2.61. The highest BCUT2D eigenvalue weighted by molar-refractivity contribution is 6.04. The second kappa shape index (κ2) is 7.97. The summed E-state index contributed by atoms with van der Waals surface area (Å²) < 4.78 is 0. The quantitative estimate of drug-likeness (QED) is 0.822. The van der Waals surface area contributed by atoms with Gasteiger partial charge in [-0.05, 0) is 31.9 Å². The number of rotatable bonds is 6. The lowest BCUT2D eigenvalue weighted by atomic mass is 9.90. The number of hydrogen-bond acceptors (Lipinski definition) is 2. The molecular formula is C21H26N2O2. The third-order valence-electron chi connectivity index (χ3n) is 4.29. The minimum Gasteiger partial charge on any atom is -0.351 e. The summed E-state index contributed by atoms with van der Waals surface area (Å²) in [5.74, 6) is -0.462. The fraction of sp³-hybridized carbons (Fsp3) is 0.333. The van der Waals surface area contributed by atoms with E-state index in [1.165, 1.54) is 5.56 Å². The van der Waals surface area contributed by atoms with Crippen LogP contribution in [-0.2, 0) is 22.7 Å². The zero-order chi connectivity index (χ0) is 18.4. The minimum atomic E-state index is -1.12. The third-order valence-corrected chi connectivity index (χ3v) is 4.29. The molecule has 0 radical (unpaired) electrons. The predicted octanol–water partition coefficient (Wildman–Crippen LogP) is 3.30. The van der Waals surface area contributed by atoms with Gasteiger partial charge in [-0.1, -0.05) is 60.2 Å². The molecule has 2 aromatic carbocycles. The monoisotopic (exact) mass is 338 g/mol. The Balaban J connectivity index is 1.96. The summed E-state index contributed by atoms with van der Waals surface area (Å²) in [6, 6.07) is 17.7. The second-order valence-electron chi connectivity index (χ2n) is 6.94. The van der Waals surface area contributed by atoms with Crippen LogP contribution in [0.2, 0.25) is 0 Å². The number of nitrogens with zero attached hydrogens (tertiary/aromatic N) is 1. The summed E-state index contributed by atoms with van der Waals surface area (Å²) in [6.45, 7) is 6.25. The molecular weight excluding hydrogens is 312 g/mol. The molecule has 25 heavy (non-hydrogen) atoms. The van der Waals surface area contributed by atoms with Gasteiger partial charge in [0.1, 0.15) is 5.41 Å². The highest BCUT2D eigenvalue weighted by Crippen LogP contribution is 2.20. The van der Waals surface area contributed by atoms with E-state index in [0.717, 1.165) is 11.1 Å². The predicted molar refractivity (Wildman–Crippen MR) is 99.7 cm³/mol. The molecule has 0 bridgehead atoms. The van der Waals surface area contributed by atoms with Gasteiger partial charge in [0.25, 0.3) is 0 Å². The van der Waals surface area contributed by atoms with Crippen molar-refractivity contribution in [2.24, 2.45) is 5.41 Å². The fourth-order valence-electron chi connectivity index (χ4n) is 2.61. The SMILES string of the molecule is Cc1ccc(CNC(=O)C(C)(C)C(=O)N(C)Cc2ccccc2)cc1. The molecule has 0 spiro atoms. The van der Waals surface area contributed by atoms with Crippen molar-refractivity contribution < 1.29 is 9.59 Å². The number of amides is 2. The molecule has 2 rings (SSSR count). The van der Waals surface area contributed by atoms with Crippen molar-refractivity contribution in [3.63, 3.8) is 0 Å².